The van der Waals surface area contributed by atoms with Crippen molar-refractivity contribution in [2.24, 2.45) is 5.92 Å². The summed E-state index contributed by atoms with van der Waals surface area (Å²) in [6.07, 6.45) is 2.88. The van der Waals surface area contributed by atoms with Crippen molar-refractivity contribution in [2.75, 3.05) is 27.4 Å². The standard InChI is InChI=1S/C12H18N2O2/c1-13-11(9-5-7-16-8-9)12-10(15-2)4-3-6-14-12/h3-4,6,9,11,13H,5,7-8H2,1-2H3. The van der Waals surface area contributed by atoms with E-state index in [1.807, 2.05) is 19.2 Å². The van der Waals surface area contributed by atoms with Crippen LogP contribution in [0.5, 0.6) is 5.75 Å². The Balaban J connectivity index is 2.24. The first-order valence-electron chi connectivity index (χ1n) is 5.60. The van der Waals surface area contributed by atoms with Gasteiger partial charge in [-0.05, 0) is 25.6 Å². The van der Waals surface area contributed by atoms with Crippen molar-refractivity contribution in [2.45, 2.75) is 12.5 Å². The molecule has 1 saturated heterocycles. The molecule has 0 aromatic carbocycles. The van der Waals surface area contributed by atoms with E-state index in [2.05, 4.69) is 10.3 Å². The van der Waals surface area contributed by atoms with Gasteiger partial charge in [0.15, 0.2) is 0 Å². The molecule has 1 aromatic heterocycles. The van der Waals surface area contributed by atoms with E-state index in [0.29, 0.717) is 5.92 Å². The van der Waals surface area contributed by atoms with Crippen LogP contribution in [0.3, 0.4) is 0 Å². The molecule has 1 aliphatic heterocycles. The average molecular weight is 222 g/mol. The molecule has 88 valence electrons. The van der Waals surface area contributed by atoms with E-state index in [4.69, 9.17) is 9.47 Å². The molecule has 0 saturated carbocycles. The first-order chi connectivity index (χ1) is 7.86. The van der Waals surface area contributed by atoms with Crippen molar-refractivity contribution in [3.8, 4) is 5.75 Å². The fourth-order valence-electron chi connectivity index (χ4n) is 2.22. The fourth-order valence-corrected chi connectivity index (χ4v) is 2.22. The van der Waals surface area contributed by atoms with Crippen molar-refractivity contribution in [3.05, 3.63) is 24.0 Å². The molecule has 0 amide bonds. The Bertz CT molecular complexity index is 338. The smallest absolute Gasteiger partial charge is 0.141 e. The summed E-state index contributed by atoms with van der Waals surface area (Å²) >= 11 is 0. The quantitative estimate of drug-likeness (QED) is 0.836. The first kappa shape index (κ1) is 11.4. The van der Waals surface area contributed by atoms with E-state index in [0.717, 1.165) is 31.1 Å². The fraction of sp³-hybridized carbons (Fsp3) is 0.583. The zero-order valence-corrected chi connectivity index (χ0v) is 9.77. The molecule has 4 nitrogen and oxygen atoms in total. The Labute approximate surface area is 96.0 Å². The lowest BCUT2D eigenvalue weighted by Crippen LogP contribution is -2.26. The first-order valence-corrected chi connectivity index (χ1v) is 5.60. The maximum Gasteiger partial charge on any atom is 0.141 e. The van der Waals surface area contributed by atoms with Crippen LogP contribution in [0, 0.1) is 5.92 Å². The zero-order chi connectivity index (χ0) is 11.4. The van der Waals surface area contributed by atoms with Gasteiger partial charge >= 0.3 is 0 Å². The molecule has 0 spiro atoms. The molecule has 0 bridgehead atoms. The minimum absolute atomic E-state index is 0.207. The number of nitrogens with zero attached hydrogens (tertiary/aromatic N) is 1. The summed E-state index contributed by atoms with van der Waals surface area (Å²) < 4.78 is 10.8. The molecule has 2 heterocycles. The van der Waals surface area contributed by atoms with E-state index in [1.54, 1.807) is 13.3 Å². The van der Waals surface area contributed by atoms with Gasteiger partial charge in [-0.15, -0.1) is 0 Å². The Morgan fingerprint density at radius 1 is 1.62 bits per heavy atom. The SMILES string of the molecule is CNC(c1ncccc1OC)C1CCOC1. The lowest BCUT2D eigenvalue weighted by Gasteiger charge is -2.22. The lowest BCUT2D eigenvalue weighted by atomic mass is 9.95. The van der Waals surface area contributed by atoms with Crippen molar-refractivity contribution < 1.29 is 9.47 Å². The molecule has 0 aliphatic carbocycles. The third-order valence-electron chi connectivity index (χ3n) is 3.06. The average Bonchev–Trinajstić information content (AvgIpc) is 2.84. The van der Waals surface area contributed by atoms with Crippen molar-refractivity contribution in [3.63, 3.8) is 0 Å². The van der Waals surface area contributed by atoms with Gasteiger partial charge in [0, 0.05) is 18.7 Å². The van der Waals surface area contributed by atoms with Crippen LogP contribution in [-0.4, -0.2) is 32.4 Å². The van der Waals surface area contributed by atoms with Gasteiger partial charge in [0.25, 0.3) is 0 Å². The van der Waals surface area contributed by atoms with Crippen LogP contribution >= 0.6 is 0 Å². The molecule has 1 N–H and O–H groups in total. The van der Waals surface area contributed by atoms with E-state index in [9.17, 15) is 0 Å². The van der Waals surface area contributed by atoms with Gasteiger partial charge in [-0.25, -0.2) is 0 Å². The highest BCUT2D eigenvalue weighted by Crippen LogP contribution is 2.32. The van der Waals surface area contributed by atoms with Gasteiger partial charge in [-0.1, -0.05) is 0 Å². The molecular formula is C12H18N2O2. The Morgan fingerprint density at radius 2 is 2.50 bits per heavy atom. The summed E-state index contributed by atoms with van der Waals surface area (Å²) in [7, 11) is 3.63. The van der Waals surface area contributed by atoms with E-state index < -0.39 is 0 Å². The number of pyridine rings is 1. The van der Waals surface area contributed by atoms with Gasteiger partial charge in [0.05, 0.1) is 25.5 Å². The number of aromatic nitrogens is 1. The maximum atomic E-state index is 5.43. The van der Waals surface area contributed by atoms with Crippen LogP contribution in [0.2, 0.25) is 0 Å². The highest BCUT2D eigenvalue weighted by atomic mass is 16.5. The van der Waals surface area contributed by atoms with Crippen LogP contribution in [0.15, 0.2) is 18.3 Å². The summed E-state index contributed by atoms with van der Waals surface area (Å²) in [5.41, 5.74) is 0.975. The monoisotopic (exact) mass is 222 g/mol. The van der Waals surface area contributed by atoms with Crippen LogP contribution in [-0.2, 0) is 4.74 Å². The molecule has 4 heteroatoms. The molecule has 2 rings (SSSR count). The Hall–Kier alpha value is -1.13. The molecular weight excluding hydrogens is 204 g/mol. The molecule has 0 radical (unpaired) electrons. The van der Waals surface area contributed by atoms with Crippen LogP contribution in [0.4, 0.5) is 0 Å². The highest BCUT2D eigenvalue weighted by Gasteiger charge is 2.28. The van der Waals surface area contributed by atoms with Gasteiger partial charge in [-0.2, -0.15) is 0 Å². The topological polar surface area (TPSA) is 43.4 Å². The van der Waals surface area contributed by atoms with Gasteiger partial charge in [-0.3, -0.25) is 4.98 Å². The summed E-state index contributed by atoms with van der Waals surface area (Å²) in [5.74, 6) is 1.32. The largest absolute Gasteiger partial charge is 0.495 e. The summed E-state index contributed by atoms with van der Waals surface area (Å²) in [4.78, 5) is 4.42. The third kappa shape index (κ3) is 2.18. The summed E-state index contributed by atoms with van der Waals surface area (Å²) in [5, 5.41) is 3.31. The van der Waals surface area contributed by atoms with Crippen LogP contribution < -0.4 is 10.1 Å². The molecule has 16 heavy (non-hydrogen) atoms. The zero-order valence-electron chi connectivity index (χ0n) is 9.77. The molecule has 2 unspecified atom stereocenters. The van der Waals surface area contributed by atoms with Gasteiger partial charge in [0.2, 0.25) is 0 Å². The second kappa shape index (κ2) is 5.27. The van der Waals surface area contributed by atoms with Crippen molar-refractivity contribution >= 4 is 0 Å². The van der Waals surface area contributed by atoms with E-state index >= 15 is 0 Å². The minimum atomic E-state index is 0.207. The van der Waals surface area contributed by atoms with Crippen LogP contribution in [0.25, 0.3) is 0 Å². The Kier molecular flexibility index (Phi) is 3.74. The Morgan fingerprint density at radius 3 is 3.12 bits per heavy atom. The van der Waals surface area contributed by atoms with Gasteiger partial charge in [0.1, 0.15) is 5.75 Å². The van der Waals surface area contributed by atoms with Gasteiger partial charge < -0.3 is 14.8 Å². The second-order valence-electron chi connectivity index (χ2n) is 3.98. The second-order valence-corrected chi connectivity index (χ2v) is 3.98. The predicted molar refractivity (Wildman–Crippen MR) is 61.5 cm³/mol. The normalized spacial score (nSPS) is 22.0. The van der Waals surface area contributed by atoms with E-state index in [-0.39, 0.29) is 6.04 Å². The number of hydrogen-bond acceptors (Lipinski definition) is 4. The molecule has 1 fully saturated rings. The molecule has 1 aliphatic rings. The number of methoxy groups -OCH3 is 1. The number of rotatable bonds is 4. The molecule has 1 aromatic rings. The lowest BCUT2D eigenvalue weighted by molar-refractivity contribution is 0.177. The number of ether oxygens (including phenoxy) is 2. The third-order valence-corrected chi connectivity index (χ3v) is 3.06. The van der Waals surface area contributed by atoms with Crippen LogP contribution in [0.1, 0.15) is 18.2 Å². The molecule has 2 atom stereocenters. The summed E-state index contributed by atoms with van der Waals surface area (Å²) in [6, 6.07) is 4.04. The van der Waals surface area contributed by atoms with E-state index in [1.165, 1.54) is 0 Å². The summed E-state index contributed by atoms with van der Waals surface area (Å²) in [6.45, 7) is 1.64. The number of nitrogens with one attached hydrogen (secondary N) is 1. The van der Waals surface area contributed by atoms with Crippen molar-refractivity contribution in [1.29, 1.82) is 0 Å². The minimum Gasteiger partial charge on any atom is -0.495 e. The highest BCUT2D eigenvalue weighted by molar-refractivity contribution is 5.30. The number of hydrogen-bond donors (Lipinski definition) is 1. The predicted octanol–water partition coefficient (Wildman–Crippen LogP) is 1.39. The maximum absolute atomic E-state index is 5.43. The van der Waals surface area contributed by atoms with Crippen molar-refractivity contribution in [1.82, 2.24) is 10.3 Å².